The van der Waals surface area contributed by atoms with Gasteiger partial charge in [0.05, 0.1) is 19.7 Å². The number of piperazine rings is 1. The van der Waals surface area contributed by atoms with Gasteiger partial charge in [0.1, 0.15) is 17.7 Å². The number of nitrogens with one attached hydrogen (secondary N) is 2. The standard InChI is InChI=1S/C28H33FN6O4S/c1-38-23-16-20-22(17-24(23)39-2)32-28(40)35-26(20)31-21(27(35)37)8-9-25(36)30-10-3-11-33-12-14-34(15-13-33)19-6-4-18(29)5-7-19/h4-7,16-17,21,31H,3,8-15H2,1-2H3,(H,30,36)/t21-/m0/s1. The van der Waals surface area contributed by atoms with Crippen molar-refractivity contribution in [3.05, 3.63) is 47.0 Å². The van der Waals surface area contributed by atoms with Gasteiger partial charge in [0.2, 0.25) is 10.7 Å². The van der Waals surface area contributed by atoms with E-state index in [0.29, 0.717) is 41.2 Å². The van der Waals surface area contributed by atoms with Gasteiger partial charge in [0.15, 0.2) is 11.5 Å². The number of nitrogens with zero attached hydrogens (tertiary/aromatic N) is 4. The van der Waals surface area contributed by atoms with Crippen LogP contribution in [0.1, 0.15) is 24.1 Å². The molecule has 1 fully saturated rings. The van der Waals surface area contributed by atoms with E-state index < -0.39 is 6.04 Å². The molecule has 2 aliphatic rings. The minimum atomic E-state index is -0.578. The summed E-state index contributed by atoms with van der Waals surface area (Å²) in [7, 11) is 3.09. The Morgan fingerprint density at radius 2 is 1.82 bits per heavy atom. The van der Waals surface area contributed by atoms with Crippen LogP contribution >= 0.6 is 12.2 Å². The summed E-state index contributed by atoms with van der Waals surface area (Å²) in [5.41, 5.74) is 1.63. The molecule has 0 unspecified atom stereocenters. The minimum Gasteiger partial charge on any atom is -0.493 e. The summed E-state index contributed by atoms with van der Waals surface area (Å²) in [4.78, 5) is 34.7. The Balaban J connectivity index is 1.07. The number of carbonyl (C=O) groups is 2. The molecule has 2 N–H and O–H groups in total. The van der Waals surface area contributed by atoms with Crippen LogP contribution in [0.4, 0.5) is 15.9 Å². The largest absolute Gasteiger partial charge is 0.493 e. The highest BCUT2D eigenvalue weighted by Crippen LogP contribution is 2.36. The number of aromatic nitrogens is 2. The van der Waals surface area contributed by atoms with Gasteiger partial charge in [-0.3, -0.25) is 14.5 Å². The third-order valence-corrected chi connectivity index (χ3v) is 7.69. The second-order valence-corrected chi connectivity index (χ2v) is 10.3. The molecule has 0 aliphatic carbocycles. The van der Waals surface area contributed by atoms with E-state index in [4.69, 9.17) is 21.7 Å². The third-order valence-electron chi connectivity index (χ3n) is 7.41. The number of hydrogen-bond acceptors (Lipinski definition) is 9. The number of rotatable bonds is 10. The molecule has 10 nitrogen and oxygen atoms in total. The predicted octanol–water partition coefficient (Wildman–Crippen LogP) is 3.47. The van der Waals surface area contributed by atoms with Gasteiger partial charge in [0.25, 0.3) is 5.91 Å². The molecular weight excluding hydrogens is 535 g/mol. The second-order valence-electron chi connectivity index (χ2n) is 9.89. The van der Waals surface area contributed by atoms with Crippen LogP contribution in [0, 0.1) is 10.6 Å². The van der Waals surface area contributed by atoms with Gasteiger partial charge in [-0.15, -0.1) is 0 Å². The Morgan fingerprint density at radius 3 is 2.52 bits per heavy atom. The Hall–Kier alpha value is -3.77. The number of anilines is 2. The summed E-state index contributed by atoms with van der Waals surface area (Å²) in [6.07, 6.45) is 1.39. The first kappa shape index (κ1) is 27.8. The van der Waals surface area contributed by atoms with E-state index in [0.717, 1.165) is 44.8 Å². The summed E-state index contributed by atoms with van der Waals surface area (Å²) in [6.45, 7) is 5.08. The van der Waals surface area contributed by atoms with Crippen LogP contribution in [0.15, 0.2) is 36.4 Å². The van der Waals surface area contributed by atoms with Crippen molar-refractivity contribution in [3.63, 3.8) is 0 Å². The zero-order valence-electron chi connectivity index (χ0n) is 22.6. The zero-order valence-corrected chi connectivity index (χ0v) is 23.4. The van der Waals surface area contributed by atoms with Crippen LogP contribution < -0.4 is 25.0 Å². The fraction of sp³-hybridized carbons (Fsp3) is 0.429. The minimum absolute atomic E-state index is 0.0929. The van der Waals surface area contributed by atoms with Crippen LogP contribution in [-0.4, -0.2) is 85.8 Å². The Morgan fingerprint density at radius 1 is 1.12 bits per heavy atom. The van der Waals surface area contributed by atoms with Crippen molar-refractivity contribution in [2.75, 3.05) is 63.7 Å². The predicted molar refractivity (Wildman–Crippen MR) is 154 cm³/mol. The first-order valence-electron chi connectivity index (χ1n) is 13.4. The number of fused-ring (bicyclic) bond motifs is 3. The van der Waals surface area contributed by atoms with E-state index in [9.17, 15) is 14.0 Å². The monoisotopic (exact) mass is 568 g/mol. The van der Waals surface area contributed by atoms with Gasteiger partial charge in [-0.05, 0) is 61.9 Å². The number of halogens is 1. The van der Waals surface area contributed by atoms with Crippen LogP contribution in [0.2, 0.25) is 0 Å². The van der Waals surface area contributed by atoms with Crippen molar-refractivity contribution in [3.8, 4) is 11.5 Å². The Labute approximate surface area is 237 Å². The van der Waals surface area contributed by atoms with Gasteiger partial charge < -0.3 is 25.0 Å². The molecule has 1 atom stereocenters. The lowest BCUT2D eigenvalue weighted by molar-refractivity contribution is -0.121. The Bertz CT molecular complexity index is 1460. The van der Waals surface area contributed by atoms with E-state index in [1.54, 1.807) is 26.4 Å². The first-order chi connectivity index (χ1) is 19.4. The average molecular weight is 569 g/mol. The quantitative estimate of drug-likeness (QED) is 0.281. The molecule has 3 aromatic rings. The number of methoxy groups -OCH3 is 2. The van der Waals surface area contributed by atoms with Crippen molar-refractivity contribution in [1.29, 1.82) is 0 Å². The molecular formula is C28H33FN6O4S. The third kappa shape index (κ3) is 5.87. The molecule has 0 spiro atoms. The maximum absolute atomic E-state index is 13.2. The summed E-state index contributed by atoms with van der Waals surface area (Å²) in [5, 5.41) is 6.90. The number of ether oxygens (including phenoxy) is 2. The average Bonchev–Trinajstić information content (AvgIpc) is 3.31. The molecule has 0 saturated carbocycles. The summed E-state index contributed by atoms with van der Waals surface area (Å²) < 4.78 is 25.5. The highest BCUT2D eigenvalue weighted by Gasteiger charge is 2.32. The van der Waals surface area contributed by atoms with E-state index in [2.05, 4.69) is 25.4 Å². The first-order valence-corrected chi connectivity index (χ1v) is 13.8. The van der Waals surface area contributed by atoms with E-state index in [-0.39, 0.29) is 28.8 Å². The van der Waals surface area contributed by atoms with Crippen LogP contribution in [0.25, 0.3) is 10.9 Å². The van der Waals surface area contributed by atoms with Crippen molar-refractivity contribution < 1.29 is 23.5 Å². The summed E-state index contributed by atoms with van der Waals surface area (Å²) in [5.74, 6) is 1.04. The smallest absolute Gasteiger partial charge is 0.257 e. The second kappa shape index (κ2) is 12.2. The molecule has 5 rings (SSSR count). The summed E-state index contributed by atoms with van der Waals surface area (Å²) >= 11 is 5.39. The van der Waals surface area contributed by atoms with E-state index in [1.165, 1.54) is 16.7 Å². The molecule has 0 radical (unpaired) electrons. The molecule has 1 amide bonds. The molecule has 2 aliphatic heterocycles. The number of benzene rings is 2. The lowest BCUT2D eigenvalue weighted by Gasteiger charge is -2.36. The lowest BCUT2D eigenvalue weighted by Crippen LogP contribution is -2.47. The molecule has 2 aromatic carbocycles. The van der Waals surface area contributed by atoms with Crippen molar-refractivity contribution >= 4 is 46.4 Å². The molecule has 3 heterocycles. The zero-order chi connectivity index (χ0) is 28.2. The van der Waals surface area contributed by atoms with E-state index >= 15 is 0 Å². The topological polar surface area (TPSA) is 101 Å². The maximum atomic E-state index is 13.2. The lowest BCUT2D eigenvalue weighted by atomic mass is 10.1. The van der Waals surface area contributed by atoms with Gasteiger partial charge in [0, 0.05) is 56.3 Å². The van der Waals surface area contributed by atoms with Gasteiger partial charge >= 0.3 is 0 Å². The molecule has 40 heavy (non-hydrogen) atoms. The Kier molecular flexibility index (Phi) is 8.46. The van der Waals surface area contributed by atoms with Crippen LogP contribution in [0.5, 0.6) is 11.5 Å². The molecule has 1 aromatic heterocycles. The van der Waals surface area contributed by atoms with Crippen molar-refractivity contribution in [2.24, 2.45) is 0 Å². The normalized spacial score (nSPS) is 17.0. The fourth-order valence-corrected chi connectivity index (χ4v) is 5.50. The number of hydrogen-bond donors (Lipinski definition) is 2. The molecule has 1 saturated heterocycles. The highest BCUT2D eigenvalue weighted by molar-refractivity contribution is 7.71. The van der Waals surface area contributed by atoms with Crippen molar-refractivity contribution in [2.45, 2.75) is 25.3 Å². The van der Waals surface area contributed by atoms with E-state index in [1.807, 2.05) is 12.1 Å². The molecule has 0 bridgehead atoms. The number of carbonyl (C=O) groups excluding carboxylic acids is 2. The van der Waals surface area contributed by atoms with Gasteiger partial charge in [-0.25, -0.2) is 13.9 Å². The maximum Gasteiger partial charge on any atom is 0.257 e. The molecule has 212 valence electrons. The van der Waals surface area contributed by atoms with Gasteiger partial charge in [-0.2, -0.15) is 0 Å². The van der Waals surface area contributed by atoms with Crippen LogP contribution in [0.3, 0.4) is 0 Å². The van der Waals surface area contributed by atoms with Crippen molar-refractivity contribution in [1.82, 2.24) is 19.8 Å². The number of amides is 1. The summed E-state index contributed by atoms with van der Waals surface area (Å²) in [6, 6.07) is 9.52. The molecule has 12 heteroatoms. The van der Waals surface area contributed by atoms with Crippen LogP contribution in [-0.2, 0) is 4.79 Å². The fourth-order valence-electron chi connectivity index (χ4n) is 5.22. The SMILES string of the molecule is COc1cc2nc(=S)n3c(c2cc1OC)N[C@@H](CCC(=O)NCCCN1CCN(c2ccc(F)cc2)CC1)C3=O. The van der Waals surface area contributed by atoms with Gasteiger partial charge in [-0.1, -0.05) is 0 Å². The highest BCUT2D eigenvalue weighted by atomic mass is 32.1.